The molecule has 106 valence electrons. The molecule has 0 saturated carbocycles. The Morgan fingerprint density at radius 1 is 1.25 bits per heavy atom. The third kappa shape index (κ3) is 3.41. The summed E-state index contributed by atoms with van der Waals surface area (Å²) in [4.78, 5) is 0. The first-order valence-corrected chi connectivity index (χ1v) is 7.22. The maximum Gasteiger partial charge on any atom is 0.137 e. The fraction of sp³-hybridized carbons (Fsp3) is 0.333. The second kappa shape index (κ2) is 6.41. The number of aryl methyl sites for hydroxylation is 2. The number of hydrogen-bond acceptors (Lipinski definition) is 3. The van der Waals surface area contributed by atoms with Crippen LogP contribution in [0.25, 0.3) is 0 Å². The highest BCUT2D eigenvalue weighted by Crippen LogP contribution is 2.23. The van der Waals surface area contributed by atoms with E-state index in [1.807, 2.05) is 33.0 Å². The fourth-order valence-corrected chi connectivity index (χ4v) is 2.62. The molecular formula is C15H17BrFN3. The van der Waals surface area contributed by atoms with Gasteiger partial charge in [0.25, 0.3) is 0 Å². The number of benzene rings is 1. The zero-order valence-corrected chi connectivity index (χ0v) is 13.3. The third-order valence-electron chi connectivity index (χ3n) is 3.29. The van der Waals surface area contributed by atoms with Crippen molar-refractivity contribution in [2.24, 2.45) is 0 Å². The largest absolute Gasteiger partial charge is 0.313 e. The van der Waals surface area contributed by atoms with Gasteiger partial charge in [-0.1, -0.05) is 6.07 Å². The van der Waals surface area contributed by atoms with E-state index in [0.717, 1.165) is 28.9 Å². The molecule has 0 spiro atoms. The molecule has 0 aliphatic carbocycles. The second-order valence-corrected chi connectivity index (χ2v) is 5.67. The van der Waals surface area contributed by atoms with E-state index >= 15 is 0 Å². The molecule has 3 nitrogen and oxygen atoms in total. The van der Waals surface area contributed by atoms with E-state index in [1.54, 1.807) is 6.07 Å². The molecule has 1 unspecified atom stereocenters. The zero-order chi connectivity index (χ0) is 14.7. The molecular weight excluding hydrogens is 321 g/mol. The van der Waals surface area contributed by atoms with Gasteiger partial charge in [-0.15, -0.1) is 0 Å². The number of aromatic nitrogens is 2. The van der Waals surface area contributed by atoms with Gasteiger partial charge in [-0.3, -0.25) is 0 Å². The quantitative estimate of drug-likeness (QED) is 0.927. The standard InChI is InChI=1S/C15H17BrFN3/c1-9-6-12(10(2)20-19-9)15(18-3)8-11-4-5-14(17)13(16)7-11/h4-7,15,18H,8H2,1-3H3. The Morgan fingerprint density at radius 3 is 2.65 bits per heavy atom. The topological polar surface area (TPSA) is 37.8 Å². The van der Waals surface area contributed by atoms with E-state index in [2.05, 4.69) is 31.4 Å². The lowest BCUT2D eigenvalue weighted by molar-refractivity contribution is 0.579. The van der Waals surface area contributed by atoms with Crippen LogP contribution < -0.4 is 5.32 Å². The maximum absolute atomic E-state index is 13.3. The van der Waals surface area contributed by atoms with Gasteiger partial charge >= 0.3 is 0 Å². The first kappa shape index (κ1) is 15.1. The molecule has 1 aromatic carbocycles. The molecule has 0 aliphatic rings. The summed E-state index contributed by atoms with van der Waals surface area (Å²) in [5.41, 5.74) is 3.99. The molecule has 5 heteroatoms. The summed E-state index contributed by atoms with van der Waals surface area (Å²) in [5, 5.41) is 11.5. The van der Waals surface area contributed by atoms with Gasteiger partial charge in [0, 0.05) is 6.04 Å². The lowest BCUT2D eigenvalue weighted by Crippen LogP contribution is -2.21. The Hall–Kier alpha value is -1.33. The summed E-state index contributed by atoms with van der Waals surface area (Å²) in [6.45, 7) is 3.88. The predicted molar refractivity (Wildman–Crippen MR) is 81.1 cm³/mol. The van der Waals surface area contributed by atoms with E-state index in [0.29, 0.717) is 4.47 Å². The number of halogens is 2. The average molecular weight is 338 g/mol. The van der Waals surface area contributed by atoms with Crippen molar-refractivity contribution in [2.75, 3.05) is 7.05 Å². The van der Waals surface area contributed by atoms with Crippen LogP contribution in [0.1, 0.15) is 28.6 Å². The highest BCUT2D eigenvalue weighted by molar-refractivity contribution is 9.10. The van der Waals surface area contributed by atoms with Crippen molar-refractivity contribution in [3.05, 3.63) is 57.1 Å². The highest BCUT2D eigenvalue weighted by Gasteiger charge is 2.15. The van der Waals surface area contributed by atoms with E-state index < -0.39 is 0 Å². The van der Waals surface area contributed by atoms with Gasteiger partial charge in [-0.05, 0) is 72.6 Å². The average Bonchev–Trinajstić information content (AvgIpc) is 2.43. The van der Waals surface area contributed by atoms with Crippen LogP contribution in [-0.2, 0) is 6.42 Å². The number of nitrogens with one attached hydrogen (secondary N) is 1. The first-order chi connectivity index (χ1) is 9.51. The van der Waals surface area contributed by atoms with E-state index in [9.17, 15) is 4.39 Å². The van der Waals surface area contributed by atoms with Crippen LogP contribution in [-0.4, -0.2) is 17.2 Å². The number of hydrogen-bond donors (Lipinski definition) is 1. The van der Waals surface area contributed by atoms with Crippen LogP contribution in [0, 0.1) is 19.7 Å². The minimum atomic E-state index is -0.243. The van der Waals surface area contributed by atoms with Crippen LogP contribution in [0.4, 0.5) is 4.39 Å². The molecule has 0 amide bonds. The molecule has 0 fully saturated rings. The second-order valence-electron chi connectivity index (χ2n) is 4.82. The molecule has 1 N–H and O–H groups in total. The molecule has 1 aromatic heterocycles. The van der Waals surface area contributed by atoms with E-state index in [4.69, 9.17) is 0 Å². The van der Waals surface area contributed by atoms with Gasteiger partial charge < -0.3 is 5.32 Å². The molecule has 2 aromatic rings. The number of nitrogens with zero attached hydrogens (tertiary/aromatic N) is 2. The van der Waals surface area contributed by atoms with Crippen LogP contribution in [0.2, 0.25) is 0 Å². The molecule has 20 heavy (non-hydrogen) atoms. The highest BCUT2D eigenvalue weighted by atomic mass is 79.9. The minimum absolute atomic E-state index is 0.126. The number of rotatable bonds is 4. The van der Waals surface area contributed by atoms with Crippen molar-refractivity contribution in [3.63, 3.8) is 0 Å². The molecule has 0 aliphatic heterocycles. The lowest BCUT2D eigenvalue weighted by atomic mass is 9.98. The van der Waals surface area contributed by atoms with Crippen molar-refractivity contribution in [1.29, 1.82) is 0 Å². The van der Waals surface area contributed by atoms with Gasteiger partial charge in [-0.25, -0.2) is 4.39 Å². The van der Waals surface area contributed by atoms with Crippen molar-refractivity contribution in [3.8, 4) is 0 Å². The van der Waals surface area contributed by atoms with Crippen LogP contribution in [0.5, 0.6) is 0 Å². The SMILES string of the molecule is CNC(Cc1ccc(F)c(Br)c1)c1cc(C)nnc1C. The zero-order valence-electron chi connectivity index (χ0n) is 11.7. The molecule has 1 heterocycles. The first-order valence-electron chi connectivity index (χ1n) is 6.43. The Morgan fingerprint density at radius 2 is 2.00 bits per heavy atom. The van der Waals surface area contributed by atoms with Gasteiger partial charge in [0.05, 0.1) is 15.9 Å². The van der Waals surface area contributed by atoms with Gasteiger partial charge in [0.15, 0.2) is 0 Å². The summed E-state index contributed by atoms with van der Waals surface area (Å²) in [5.74, 6) is -0.243. The Balaban J connectivity index is 2.28. The Kier molecular flexibility index (Phi) is 4.83. The summed E-state index contributed by atoms with van der Waals surface area (Å²) in [6, 6.07) is 7.27. The molecule has 0 radical (unpaired) electrons. The third-order valence-corrected chi connectivity index (χ3v) is 3.90. The van der Waals surface area contributed by atoms with E-state index in [1.165, 1.54) is 6.07 Å². The Labute approximate surface area is 126 Å². The molecule has 0 bridgehead atoms. The van der Waals surface area contributed by atoms with Gasteiger partial charge in [0.2, 0.25) is 0 Å². The van der Waals surface area contributed by atoms with Crippen molar-refractivity contribution >= 4 is 15.9 Å². The van der Waals surface area contributed by atoms with Crippen molar-refractivity contribution < 1.29 is 4.39 Å². The van der Waals surface area contributed by atoms with Crippen LogP contribution >= 0.6 is 15.9 Å². The molecule has 0 saturated heterocycles. The lowest BCUT2D eigenvalue weighted by Gasteiger charge is -2.18. The van der Waals surface area contributed by atoms with E-state index in [-0.39, 0.29) is 11.9 Å². The predicted octanol–water partition coefficient (Wildman–Crippen LogP) is 3.50. The van der Waals surface area contributed by atoms with Crippen molar-refractivity contribution in [2.45, 2.75) is 26.3 Å². The summed E-state index contributed by atoms with van der Waals surface area (Å²) < 4.78 is 13.8. The van der Waals surface area contributed by atoms with Gasteiger partial charge in [-0.2, -0.15) is 10.2 Å². The summed E-state index contributed by atoms with van der Waals surface area (Å²) in [7, 11) is 1.92. The smallest absolute Gasteiger partial charge is 0.137 e. The van der Waals surface area contributed by atoms with Crippen LogP contribution in [0.3, 0.4) is 0 Å². The minimum Gasteiger partial charge on any atom is -0.313 e. The van der Waals surface area contributed by atoms with Crippen molar-refractivity contribution in [1.82, 2.24) is 15.5 Å². The Bertz CT molecular complexity index is 616. The van der Waals surface area contributed by atoms with Gasteiger partial charge in [0.1, 0.15) is 5.82 Å². The maximum atomic E-state index is 13.3. The molecule has 1 atom stereocenters. The normalized spacial score (nSPS) is 12.4. The number of likely N-dealkylation sites (N-methyl/N-ethyl adjacent to an activating group) is 1. The molecule has 2 rings (SSSR count). The summed E-state index contributed by atoms with van der Waals surface area (Å²) in [6.07, 6.45) is 0.765. The van der Waals surface area contributed by atoms with Crippen LogP contribution in [0.15, 0.2) is 28.7 Å². The summed E-state index contributed by atoms with van der Waals surface area (Å²) >= 11 is 3.22. The monoisotopic (exact) mass is 337 g/mol. The fourth-order valence-electron chi connectivity index (χ4n) is 2.19.